The van der Waals surface area contributed by atoms with Crippen molar-refractivity contribution in [2.45, 2.75) is 19.2 Å². The van der Waals surface area contributed by atoms with Gasteiger partial charge in [-0.05, 0) is 29.8 Å². The molecule has 2 aromatic rings. The van der Waals surface area contributed by atoms with Crippen LogP contribution in [0.25, 0.3) is 0 Å². The van der Waals surface area contributed by atoms with Gasteiger partial charge in [0, 0.05) is 57.7 Å². The van der Waals surface area contributed by atoms with E-state index in [0.717, 1.165) is 44.1 Å². The van der Waals surface area contributed by atoms with Crippen molar-refractivity contribution in [2.24, 2.45) is 0 Å². The Morgan fingerprint density at radius 3 is 2.68 bits per heavy atom. The molecule has 0 saturated carbocycles. The van der Waals surface area contributed by atoms with Crippen LogP contribution in [0.4, 0.5) is 4.39 Å². The van der Waals surface area contributed by atoms with Crippen LogP contribution in [0, 0.1) is 5.82 Å². The van der Waals surface area contributed by atoms with Gasteiger partial charge in [-0.25, -0.2) is 4.39 Å². The van der Waals surface area contributed by atoms with E-state index >= 15 is 0 Å². The lowest BCUT2D eigenvalue weighted by atomic mass is 10.2. The van der Waals surface area contributed by atoms with E-state index in [1.807, 2.05) is 30.5 Å². The van der Waals surface area contributed by atoms with E-state index in [2.05, 4.69) is 27.0 Å². The monoisotopic (exact) mass is 387 g/mol. The maximum atomic E-state index is 13.1. The number of aliphatic hydroxyl groups excluding tert-OH is 1. The number of nitrogens with zero attached hydrogens (tertiary/aromatic N) is 3. The molecule has 1 unspecified atom stereocenters. The van der Waals surface area contributed by atoms with Gasteiger partial charge in [-0.3, -0.25) is 9.80 Å². The van der Waals surface area contributed by atoms with Gasteiger partial charge in [0.15, 0.2) is 0 Å². The summed E-state index contributed by atoms with van der Waals surface area (Å²) in [6.07, 6.45) is 3.49. The first kappa shape index (κ1) is 20.7. The highest BCUT2D eigenvalue weighted by Gasteiger charge is 2.18. The first-order chi connectivity index (χ1) is 13.6. The minimum Gasteiger partial charge on any atom is -0.390 e. The van der Waals surface area contributed by atoms with Gasteiger partial charge in [-0.1, -0.05) is 18.2 Å². The number of aliphatic hydroxyl groups is 1. The lowest BCUT2D eigenvalue weighted by Gasteiger charge is -2.31. The van der Waals surface area contributed by atoms with Crippen molar-refractivity contribution in [1.82, 2.24) is 14.4 Å². The normalized spacial score (nSPS) is 16.4. The third-order valence-corrected chi connectivity index (χ3v) is 5.00. The summed E-state index contributed by atoms with van der Waals surface area (Å²) >= 11 is 0. The average molecular weight is 387 g/mol. The van der Waals surface area contributed by atoms with Crippen LogP contribution in [-0.2, 0) is 17.8 Å². The molecule has 152 valence electrons. The summed E-state index contributed by atoms with van der Waals surface area (Å²) in [6.45, 7) is 10.5. The second kappa shape index (κ2) is 10.5. The van der Waals surface area contributed by atoms with Gasteiger partial charge in [0.25, 0.3) is 0 Å². The zero-order chi connectivity index (χ0) is 19.8. The molecule has 1 aliphatic heterocycles. The van der Waals surface area contributed by atoms with E-state index in [-0.39, 0.29) is 5.82 Å². The average Bonchev–Trinajstić information content (AvgIpc) is 3.11. The van der Waals surface area contributed by atoms with Gasteiger partial charge < -0.3 is 14.4 Å². The second-order valence-corrected chi connectivity index (χ2v) is 7.30. The summed E-state index contributed by atoms with van der Waals surface area (Å²) in [6, 6.07) is 10.7. The molecule has 1 fully saturated rings. The summed E-state index contributed by atoms with van der Waals surface area (Å²) in [5.41, 5.74) is 2.21. The molecule has 5 nitrogen and oxygen atoms in total. The third-order valence-electron chi connectivity index (χ3n) is 5.00. The number of benzene rings is 1. The fourth-order valence-corrected chi connectivity index (χ4v) is 3.59. The Kier molecular flexibility index (Phi) is 7.80. The molecule has 0 aliphatic carbocycles. The smallest absolute Gasteiger partial charge is 0.123 e. The van der Waals surface area contributed by atoms with Crippen molar-refractivity contribution in [3.8, 4) is 0 Å². The summed E-state index contributed by atoms with van der Waals surface area (Å²) in [5, 5.41) is 10.6. The van der Waals surface area contributed by atoms with Crippen molar-refractivity contribution in [1.29, 1.82) is 0 Å². The maximum Gasteiger partial charge on any atom is 0.123 e. The molecule has 0 radical (unpaired) electrons. The number of halogens is 1. The van der Waals surface area contributed by atoms with Crippen LogP contribution in [0.1, 0.15) is 11.3 Å². The molecule has 28 heavy (non-hydrogen) atoms. The number of ether oxygens (including phenoxy) is 1. The molecule has 1 aromatic heterocycles. The van der Waals surface area contributed by atoms with Gasteiger partial charge >= 0.3 is 0 Å². The summed E-state index contributed by atoms with van der Waals surface area (Å²) in [5.74, 6) is -0.220. The lowest BCUT2D eigenvalue weighted by Crippen LogP contribution is -2.44. The summed E-state index contributed by atoms with van der Waals surface area (Å²) in [7, 11) is 0. The Labute approximate surface area is 166 Å². The van der Waals surface area contributed by atoms with Crippen molar-refractivity contribution in [3.63, 3.8) is 0 Å². The van der Waals surface area contributed by atoms with E-state index in [1.165, 1.54) is 12.1 Å². The number of morpholine rings is 1. The molecule has 1 aromatic carbocycles. The van der Waals surface area contributed by atoms with Crippen LogP contribution < -0.4 is 0 Å². The number of hydrogen-bond donors (Lipinski definition) is 1. The van der Waals surface area contributed by atoms with Crippen LogP contribution in [-0.4, -0.2) is 71.5 Å². The molecule has 1 saturated heterocycles. The van der Waals surface area contributed by atoms with Crippen LogP contribution in [0.5, 0.6) is 0 Å². The quantitative estimate of drug-likeness (QED) is 0.636. The van der Waals surface area contributed by atoms with Crippen LogP contribution >= 0.6 is 0 Å². The molecule has 1 atom stereocenters. The zero-order valence-electron chi connectivity index (χ0n) is 16.3. The Morgan fingerprint density at radius 1 is 1.21 bits per heavy atom. The Morgan fingerprint density at radius 2 is 1.96 bits per heavy atom. The molecule has 0 spiro atoms. The highest BCUT2D eigenvalue weighted by Crippen LogP contribution is 2.12. The van der Waals surface area contributed by atoms with Crippen molar-refractivity contribution >= 4 is 0 Å². The lowest BCUT2D eigenvalue weighted by molar-refractivity contribution is 0.00705. The van der Waals surface area contributed by atoms with Crippen LogP contribution in [0.3, 0.4) is 0 Å². The van der Waals surface area contributed by atoms with Crippen molar-refractivity contribution in [2.75, 3.05) is 45.9 Å². The predicted octanol–water partition coefficient (Wildman–Crippen LogP) is 2.36. The Hall–Kier alpha value is -1.99. The Balaban J connectivity index is 1.58. The van der Waals surface area contributed by atoms with E-state index in [1.54, 1.807) is 0 Å². The molecule has 6 heteroatoms. The van der Waals surface area contributed by atoms with Gasteiger partial charge in [0.05, 0.1) is 19.3 Å². The minimum atomic E-state index is -0.418. The highest BCUT2D eigenvalue weighted by atomic mass is 19.1. The van der Waals surface area contributed by atoms with Crippen LogP contribution in [0.15, 0.2) is 55.3 Å². The Bertz CT molecular complexity index is 726. The molecule has 0 bridgehead atoms. The molecule has 1 N–H and O–H groups in total. The maximum absolute atomic E-state index is 13.1. The topological polar surface area (TPSA) is 40.9 Å². The molecule has 3 rings (SSSR count). The number of hydrogen-bond acceptors (Lipinski definition) is 4. The van der Waals surface area contributed by atoms with E-state index in [0.29, 0.717) is 26.2 Å². The standard InChI is InChI=1S/C22H30FN3O2/c1-2-9-25(18-22(27)17-24-11-13-28-14-12-24)16-21-4-3-10-26(21)15-19-5-7-20(23)8-6-19/h2-8,10,22,27H,1,9,11-18H2. The molecular weight excluding hydrogens is 357 g/mol. The largest absolute Gasteiger partial charge is 0.390 e. The number of aromatic nitrogens is 1. The molecule has 1 aliphatic rings. The van der Waals surface area contributed by atoms with Crippen LogP contribution in [0.2, 0.25) is 0 Å². The number of β-amino-alcohol motifs (C(OH)–C–C–N with tert-alkyl or cyclic N) is 1. The zero-order valence-corrected chi connectivity index (χ0v) is 16.3. The molecular formula is C22H30FN3O2. The van der Waals surface area contributed by atoms with Crippen molar-refractivity contribution in [3.05, 3.63) is 72.3 Å². The van der Waals surface area contributed by atoms with Gasteiger partial charge in [-0.2, -0.15) is 0 Å². The summed E-state index contributed by atoms with van der Waals surface area (Å²) in [4.78, 5) is 4.45. The first-order valence-electron chi connectivity index (χ1n) is 9.84. The van der Waals surface area contributed by atoms with Gasteiger partial charge in [-0.15, -0.1) is 6.58 Å². The second-order valence-electron chi connectivity index (χ2n) is 7.30. The molecule has 2 heterocycles. The van der Waals surface area contributed by atoms with Gasteiger partial charge in [0.1, 0.15) is 5.82 Å². The predicted molar refractivity (Wildman–Crippen MR) is 109 cm³/mol. The van der Waals surface area contributed by atoms with Crippen molar-refractivity contribution < 1.29 is 14.2 Å². The van der Waals surface area contributed by atoms with E-state index < -0.39 is 6.10 Å². The van der Waals surface area contributed by atoms with Gasteiger partial charge in [0.2, 0.25) is 0 Å². The third kappa shape index (κ3) is 6.27. The van der Waals surface area contributed by atoms with E-state index in [4.69, 9.17) is 4.74 Å². The van der Waals surface area contributed by atoms with E-state index in [9.17, 15) is 9.50 Å². The SMILES string of the molecule is C=CCN(Cc1cccn1Cc1ccc(F)cc1)CC(O)CN1CCOCC1. The molecule has 0 amide bonds. The summed E-state index contributed by atoms with van der Waals surface area (Å²) < 4.78 is 20.7. The fraction of sp³-hybridized carbons (Fsp3) is 0.455. The number of rotatable bonds is 10. The highest BCUT2D eigenvalue weighted by molar-refractivity contribution is 5.18. The first-order valence-corrected chi connectivity index (χ1v) is 9.84. The minimum absolute atomic E-state index is 0.220. The fourth-order valence-electron chi connectivity index (χ4n) is 3.59.